The van der Waals surface area contributed by atoms with Crippen LogP contribution in [0.15, 0.2) is 0 Å². The predicted octanol–water partition coefficient (Wildman–Crippen LogP) is 3.61. The van der Waals surface area contributed by atoms with Crippen LogP contribution in [0.5, 0.6) is 0 Å². The highest BCUT2D eigenvalue weighted by molar-refractivity contribution is 5.81. The maximum atomic E-state index is 11.7. The lowest BCUT2D eigenvalue weighted by Crippen LogP contribution is -2.46. The lowest BCUT2D eigenvalue weighted by Gasteiger charge is -2.23. The lowest BCUT2D eigenvalue weighted by atomic mass is 10.0. The summed E-state index contributed by atoms with van der Waals surface area (Å²) in [6.45, 7) is 6.76. The van der Waals surface area contributed by atoms with Gasteiger partial charge < -0.3 is 10.6 Å². The van der Waals surface area contributed by atoms with Crippen molar-refractivity contribution in [2.45, 2.75) is 96.8 Å². The smallest absolute Gasteiger partial charge is 0.234 e. The van der Waals surface area contributed by atoms with Crippen molar-refractivity contribution in [3.8, 4) is 0 Å². The maximum Gasteiger partial charge on any atom is 0.234 e. The van der Waals surface area contributed by atoms with E-state index in [1.807, 2.05) is 0 Å². The van der Waals surface area contributed by atoms with Gasteiger partial charge in [-0.25, -0.2) is 0 Å². The molecule has 3 N–H and O–H groups in total. The van der Waals surface area contributed by atoms with Crippen LogP contribution in [-0.4, -0.2) is 62.5 Å². The zero-order valence-corrected chi connectivity index (χ0v) is 19.6. The van der Waals surface area contributed by atoms with Gasteiger partial charge in [-0.3, -0.25) is 19.8 Å². The van der Waals surface area contributed by atoms with E-state index < -0.39 is 0 Å². The molecule has 30 heavy (non-hydrogen) atoms. The number of hydrogen-bond acceptors (Lipinski definition) is 4. The topological polar surface area (TPSA) is 73.5 Å². The van der Waals surface area contributed by atoms with Crippen LogP contribution in [0.4, 0.5) is 0 Å². The van der Waals surface area contributed by atoms with Gasteiger partial charge in [-0.15, -0.1) is 0 Å². The molecule has 0 saturated carbocycles. The Morgan fingerprint density at radius 2 is 1.03 bits per heavy atom. The molecule has 0 aromatic rings. The summed E-state index contributed by atoms with van der Waals surface area (Å²) in [6.07, 6.45) is 19.2. The maximum absolute atomic E-state index is 11.7. The first-order chi connectivity index (χ1) is 14.7. The summed E-state index contributed by atoms with van der Waals surface area (Å²) in [7, 11) is 0. The zero-order chi connectivity index (χ0) is 21.7. The first-order valence-electron chi connectivity index (χ1n) is 12.7. The highest BCUT2D eigenvalue weighted by Gasteiger charge is 2.09. The van der Waals surface area contributed by atoms with Gasteiger partial charge in [0.25, 0.3) is 0 Å². The molecule has 1 aliphatic heterocycles. The summed E-state index contributed by atoms with van der Waals surface area (Å²) in [4.78, 5) is 25.7. The van der Waals surface area contributed by atoms with Crippen molar-refractivity contribution in [3.63, 3.8) is 0 Å². The van der Waals surface area contributed by atoms with Crippen LogP contribution in [0.25, 0.3) is 0 Å². The highest BCUT2D eigenvalue weighted by Crippen LogP contribution is 2.13. The normalized spacial score (nSPS) is 17.1. The molecule has 1 aliphatic rings. The number of carbonyl (C=O) groups excluding carboxylic acids is 2. The fourth-order valence-electron chi connectivity index (χ4n) is 3.99. The third-order valence-corrected chi connectivity index (χ3v) is 5.90. The number of unbranched alkanes of at least 4 members (excludes halogenated alkanes) is 13. The van der Waals surface area contributed by atoms with Gasteiger partial charge in [-0.2, -0.15) is 0 Å². The molecule has 1 heterocycles. The van der Waals surface area contributed by atoms with Gasteiger partial charge in [0.05, 0.1) is 13.1 Å². The van der Waals surface area contributed by atoms with Crippen LogP contribution in [0.2, 0.25) is 0 Å². The summed E-state index contributed by atoms with van der Waals surface area (Å²) < 4.78 is 0. The molecule has 6 nitrogen and oxygen atoms in total. The number of rotatable bonds is 15. The number of carbonyl (C=O) groups is 2. The molecule has 176 valence electrons. The minimum atomic E-state index is -0.0418. The van der Waals surface area contributed by atoms with Crippen molar-refractivity contribution in [1.29, 1.82) is 0 Å². The molecule has 1 saturated heterocycles. The fourth-order valence-corrected chi connectivity index (χ4v) is 3.99. The Hall–Kier alpha value is -1.14. The quantitative estimate of drug-likeness (QED) is 0.351. The first kappa shape index (κ1) is 26.9. The van der Waals surface area contributed by atoms with E-state index in [4.69, 9.17) is 0 Å². The summed E-state index contributed by atoms with van der Waals surface area (Å²) >= 11 is 0. The van der Waals surface area contributed by atoms with E-state index in [-0.39, 0.29) is 24.9 Å². The molecule has 6 heteroatoms. The van der Waals surface area contributed by atoms with Crippen LogP contribution in [0, 0.1) is 0 Å². The molecule has 1 rings (SSSR count). The predicted molar refractivity (Wildman–Crippen MR) is 126 cm³/mol. The van der Waals surface area contributed by atoms with Crippen molar-refractivity contribution in [2.24, 2.45) is 0 Å². The van der Waals surface area contributed by atoms with E-state index in [2.05, 4.69) is 27.8 Å². The molecule has 0 aliphatic carbocycles. The number of nitrogens with one attached hydrogen (secondary N) is 3. The fraction of sp³-hybridized carbons (Fsp3) is 0.917. The molecule has 2 amide bonds. The molecule has 0 unspecified atom stereocenters. The Morgan fingerprint density at radius 3 is 1.47 bits per heavy atom. The Bertz CT molecular complexity index is 409. The Kier molecular flexibility index (Phi) is 17.8. The van der Waals surface area contributed by atoms with Crippen molar-refractivity contribution in [2.75, 3.05) is 45.8 Å². The van der Waals surface area contributed by atoms with E-state index in [0.29, 0.717) is 13.1 Å². The summed E-state index contributed by atoms with van der Waals surface area (Å²) in [5.74, 6) is -0.0837. The number of nitrogens with zero attached hydrogens (tertiary/aromatic N) is 1. The minimum absolute atomic E-state index is 0.0418. The van der Waals surface area contributed by atoms with E-state index in [1.165, 1.54) is 89.9 Å². The standard InChI is InChI=1S/C24H48N4O2/c1-2-3-4-5-6-7-8-9-10-11-12-13-14-15-18-28-19-16-26-23(29)21-25-22-24(30)27-17-20-28/h25H,2-22H2,1H3,(H,26,29)(H,27,30). The largest absolute Gasteiger partial charge is 0.354 e. The first-order valence-corrected chi connectivity index (χ1v) is 12.7. The number of amides is 2. The molecule has 0 aromatic heterocycles. The summed E-state index contributed by atoms with van der Waals surface area (Å²) in [5.41, 5.74) is 0. The molecule has 0 bridgehead atoms. The van der Waals surface area contributed by atoms with E-state index in [1.54, 1.807) is 0 Å². The van der Waals surface area contributed by atoms with Gasteiger partial charge in [-0.1, -0.05) is 90.4 Å². The molecule has 0 spiro atoms. The van der Waals surface area contributed by atoms with Gasteiger partial charge in [-0.05, 0) is 13.0 Å². The minimum Gasteiger partial charge on any atom is -0.354 e. The van der Waals surface area contributed by atoms with E-state index in [9.17, 15) is 9.59 Å². The van der Waals surface area contributed by atoms with Crippen LogP contribution < -0.4 is 16.0 Å². The third kappa shape index (κ3) is 16.6. The lowest BCUT2D eigenvalue weighted by molar-refractivity contribution is -0.121. The highest BCUT2D eigenvalue weighted by atomic mass is 16.2. The Morgan fingerprint density at radius 1 is 0.633 bits per heavy atom. The SMILES string of the molecule is CCCCCCCCCCCCCCCCN1CCNC(=O)CNCC(=O)NCC1. The second-order valence-corrected chi connectivity index (χ2v) is 8.74. The molecule has 0 atom stereocenters. The summed E-state index contributed by atoms with van der Waals surface area (Å²) in [6, 6.07) is 0. The van der Waals surface area contributed by atoms with Crippen LogP contribution in [0.3, 0.4) is 0 Å². The second kappa shape index (κ2) is 19.8. The van der Waals surface area contributed by atoms with Gasteiger partial charge in [0.1, 0.15) is 0 Å². The van der Waals surface area contributed by atoms with Crippen molar-refractivity contribution >= 4 is 11.8 Å². The monoisotopic (exact) mass is 424 g/mol. The van der Waals surface area contributed by atoms with Crippen molar-refractivity contribution in [3.05, 3.63) is 0 Å². The zero-order valence-electron chi connectivity index (χ0n) is 19.6. The second-order valence-electron chi connectivity index (χ2n) is 8.74. The van der Waals surface area contributed by atoms with Crippen LogP contribution in [-0.2, 0) is 9.59 Å². The van der Waals surface area contributed by atoms with Gasteiger partial charge >= 0.3 is 0 Å². The van der Waals surface area contributed by atoms with Gasteiger partial charge in [0, 0.05) is 26.2 Å². The molecule has 0 aromatic carbocycles. The molecular formula is C24H48N4O2. The van der Waals surface area contributed by atoms with Crippen LogP contribution in [0.1, 0.15) is 96.8 Å². The average molecular weight is 425 g/mol. The molecular weight excluding hydrogens is 376 g/mol. The Labute approximate surface area is 185 Å². The summed E-state index contributed by atoms with van der Waals surface area (Å²) in [5, 5.41) is 8.70. The van der Waals surface area contributed by atoms with E-state index >= 15 is 0 Å². The number of hydrogen-bond donors (Lipinski definition) is 3. The van der Waals surface area contributed by atoms with E-state index in [0.717, 1.165) is 19.6 Å². The third-order valence-electron chi connectivity index (χ3n) is 5.90. The molecule has 1 fully saturated rings. The van der Waals surface area contributed by atoms with Crippen molar-refractivity contribution < 1.29 is 9.59 Å². The van der Waals surface area contributed by atoms with Gasteiger partial charge in [0.2, 0.25) is 11.8 Å². The van der Waals surface area contributed by atoms with Gasteiger partial charge in [0.15, 0.2) is 0 Å². The molecule has 0 radical (unpaired) electrons. The average Bonchev–Trinajstić information content (AvgIpc) is 2.72. The Balaban J connectivity index is 1.98. The van der Waals surface area contributed by atoms with Crippen molar-refractivity contribution in [1.82, 2.24) is 20.9 Å². The van der Waals surface area contributed by atoms with Crippen LogP contribution >= 0.6 is 0 Å².